The van der Waals surface area contributed by atoms with Gasteiger partial charge in [-0.3, -0.25) is 14.4 Å². The Balaban J connectivity index is 1.88. The predicted octanol–water partition coefficient (Wildman–Crippen LogP) is 4.18. The van der Waals surface area contributed by atoms with Crippen molar-refractivity contribution in [3.05, 3.63) is 70.2 Å². The van der Waals surface area contributed by atoms with Crippen molar-refractivity contribution >= 4 is 49.7 Å². The molecule has 1 N–H and O–H groups in total. The van der Waals surface area contributed by atoms with E-state index in [-0.39, 0.29) is 10.5 Å². The van der Waals surface area contributed by atoms with E-state index in [1.165, 1.54) is 36.6 Å². The number of thiazole rings is 1. The lowest BCUT2D eigenvalue weighted by Crippen LogP contribution is -2.26. The summed E-state index contributed by atoms with van der Waals surface area (Å²) in [5.74, 6) is -0.424. The first kappa shape index (κ1) is 19.3. The molecule has 0 aliphatic rings. The third-order valence-electron chi connectivity index (χ3n) is 3.77. The van der Waals surface area contributed by atoms with Crippen LogP contribution in [0.25, 0.3) is 0 Å². The van der Waals surface area contributed by atoms with Gasteiger partial charge in [0.25, 0.3) is 15.9 Å². The first-order valence-corrected chi connectivity index (χ1v) is 10.6. The number of hydrogen-bond acceptors (Lipinski definition) is 5. The monoisotopic (exact) mass is 421 g/mol. The lowest BCUT2D eigenvalue weighted by molar-refractivity contribution is 0.102. The lowest BCUT2D eigenvalue weighted by atomic mass is 10.2. The fourth-order valence-corrected chi connectivity index (χ4v) is 4.45. The maximum Gasteiger partial charge on any atom is 0.264 e. The summed E-state index contributed by atoms with van der Waals surface area (Å²) in [6, 6.07) is 12.4. The van der Waals surface area contributed by atoms with Crippen LogP contribution >= 0.6 is 22.9 Å². The van der Waals surface area contributed by atoms with Crippen LogP contribution in [0.1, 0.15) is 16.1 Å². The van der Waals surface area contributed by atoms with E-state index in [1.807, 2.05) is 12.3 Å². The van der Waals surface area contributed by atoms with Crippen LogP contribution in [0, 0.1) is 6.92 Å². The number of sulfonamides is 1. The van der Waals surface area contributed by atoms with Gasteiger partial charge in [-0.05, 0) is 43.3 Å². The van der Waals surface area contributed by atoms with E-state index in [0.29, 0.717) is 15.8 Å². The largest absolute Gasteiger partial charge is 0.298 e. The third kappa shape index (κ3) is 4.29. The summed E-state index contributed by atoms with van der Waals surface area (Å²) in [6.45, 7) is 1.82. The second-order valence-electron chi connectivity index (χ2n) is 5.73. The van der Waals surface area contributed by atoms with E-state index in [1.54, 1.807) is 30.3 Å². The van der Waals surface area contributed by atoms with Crippen LogP contribution < -0.4 is 9.62 Å². The quantitative estimate of drug-likeness (QED) is 0.670. The Bertz CT molecular complexity index is 1100. The number of nitrogens with zero attached hydrogens (tertiary/aromatic N) is 2. The van der Waals surface area contributed by atoms with Crippen LogP contribution in [0.4, 0.5) is 10.8 Å². The number of anilines is 2. The summed E-state index contributed by atoms with van der Waals surface area (Å²) in [5.41, 5.74) is 1.45. The molecule has 0 saturated heterocycles. The number of carbonyl (C=O) groups is 1. The van der Waals surface area contributed by atoms with Crippen molar-refractivity contribution in [3.8, 4) is 0 Å². The number of aromatic nitrogens is 1. The number of nitrogens with one attached hydrogen (secondary N) is 1. The number of hydrogen-bond donors (Lipinski definition) is 1. The van der Waals surface area contributed by atoms with Crippen LogP contribution in [0.2, 0.25) is 5.02 Å². The minimum Gasteiger partial charge on any atom is -0.298 e. The number of aryl methyl sites for hydroxylation is 1. The predicted molar refractivity (Wildman–Crippen MR) is 108 cm³/mol. The molecule has 2 aromatic carbocycles. The van der Waals surface area contributed by atoms with E-state index in [9.17, 15) is 13.2 Å². The molecule has 0 aliphatic heterocycles. The number of rotatable bonds is 5. The van der Waals surface area contributed by atoms with Crippen LogP contribution in [0.5, 0.6) is 0 Å². The molecule has 27 heavy (non-hydrogen) atoms. The smallest absolute Gasteiger partial charge is 0.264 e. The molecular formula is C18H16ClN3O3S2. The van der Waals surface area contributed by atoms with Crippen LogP contribution in [0.3, 0.4) is 0 Å². The summed E-state index contributed by atoms with van der Waals surface area (Å²) in [4.78, 5) is 16.6. The molecule has 0 fully saturated rings. The minimum absolute atomic E-state index is 0.00736. The van der Waals surface area contributed by atoms with Crippen molar-refractivity contribution in [3.63, 3.8) is 0 Å². The van der Waals surface area contributed by atoms with E-state index in [4.69, 9.17) is 11.6 Å². The molecule has 0 radical (unpaired) electrons. The van der Waals surface area contributed by atoms with Crippen molar-refractivity contribution in [1.82, 2.24) is 4.98 Å². The molecule has 0 atom stereocenters. The van der Waals surface area contributed by atoms with Crippen molar-refractivity contribution in [1.29, 1.82) is 0 Å². The van der Waals surface area contributed by atoms with Crippen molar-refractivity contribution in [2.24, 2.45) is 0 Å². The summed E-state index contributed by atoms with van der Waals surface area (Å²) < 4.78 is 27.0. The molecule has 1 amide bonds. The molecule has 9 heteroatoms. The highest BCUT2D eigenvalue weighted by Crippen LogP contribution is 2.25. The number of carbonyl (C=O) groups excluding carboxylic acids is 1. The Kier molecular flexibility index (Phi) is 5.50. The third-order valence-corrected chi connectivity index (χ3v) is 6.66. The normalized spacial score (nSPS) is 11.2. The molecule has 1 heterocycles. The molecule has 0 unspecified atom stereocenters. The lowest BCUT2D eigenvalue weighted by Gasteiger charge is -2.20. The van der Waals surface area contributed by atoms with E-state index < -0.39 is 15.9 Å². The van der Waals surface area contributed by atoms with Gasteiger partial charge in [-0.1, -0.05) is 23.7 Å². The highest BCUT2D eigenvalue weighted by Gasteiger charge is 2.22. The zero-order chi connectivity index (χ0) is 19.6. The molecule has 0 saturated carbocycles. The van der Waals surface area contributed by atoms with Crippen LogP contribution in [-0.4, -0.2) is 26.4 Å². The van der Waals surface area contributed by atoms with Crippen molar-refractivity contribution in [2.45, 2.75) is 11.8 Å². The van der Waals surface area contributed by atoms with Crippen LogP contribution in [0.15, 0.2) is 58.8 Å². The van der Waals surface area contributed by atoms with Gasteiger partial charge in [-0.15, -0.1) is 11.3 Å². The zero-order valence-corrected chi connectivity index (χ0v) is 16.9. The van der Waals surface area contributed by atoms with Gasteiger partial charge < -0.3 is 0 Å². The number of halogens is 1. The molecule has 3 rings (SSSR count). The summed E-state index contributed by atoms with van der Waals surface area (Å²) >= 11 is 7.25. The number of amides is 1. The Morgan fingerprint density at radius 1 is 1.19 bits per heavy atom. The topological polar surface area (TPSA) is 79.4 Å². The summed E-state index contributed by atoms with van der Waals surface area (Å²) in [7, 11) is -2.42. The Labute approximate surface area is 166 Å². The Morgan fingerprint density at radius 2 is 1.93 bits per heavy atom. The Hall–Kier alpha value is -2.42. The molecule has 0 bridgehead atoms. The minimum atomic E-state index is -3.85. The molecule has 0 aliphatic carbocycles. The van der Waals surface area contributed by atoms with E-state index in [0.717, 1.165) is 10.00 Å². The summed E-state index contributed by atoms with van der Waals surface area (Å²) in [6.07, 6.45) is 0. The average molecular weight is 422 g/mol. The fraction of sp³-hybridized carbons (Fsp3) is 0.111. The average Bonchev–Trinajstić information content (AvgIpc) is 3.05. The van der Waals surface area contributed by atoms with Gasteiger partial charge in [0.15, 0.2) is 5.13 Å². The maximum atomic E-state index is 12.9. The van der Waals surface area contributed by atoms with E-state index >= 15 is 0 Å². The second kappa shape index (κ2) is 7.67. The highest BCUT2D eigenvalue weighted by molar-refractivity contribution is 7.92. The first-order valence-electron chi connectivity index (χ1n) is 7.85. The van der Waals surface area contributed by atoms with Gasteiger partial charge in [0, 0.05) is 23.0 Å². The van der Waals surface area contributed by atoms with Crippen LogP contribution in [-0.2, 0) is 10.0 Å². The molecule has 0 spiro atoms. The molecule has 1 aromatic heterocycles. The van der Waals surface area contributed by atoms with Gasteiger partial charge in [0.05, 0.1) is 16.3 Å². The maximum absolute atomic E-state index is 12.9. The molecular weight excluding hydrogens is 406 g/mol. The summed E-state index contributed by atoms with van der Waals surface area (Å²) in [5, 5.41) is 5.38. The molecule has 140 valence electrons. The SMILES string of the molecule is Cc1csc(NC(=O)c2cccc(S(=O)(=O)N(C)c3cccc(Cl)c3)c2)n1. The van der Waals surface area contributed by atoms with Crippen molar-refractivity contribution < 1.29 is 13.2 Å². The van der Waals surface area contributed by atoms with Gasteiger partial charge in [-0.25, -0.2) is 13.4 Å². The second-order valence-corrected chi connectivity index (χ2v) is 8.99. The van der Waals surface area contributed by atoms with E-state index in [2.05, 4.69) is 10.3 Å². The highest BCUT2D eigenvalue weighted by atomic mass is 35.5. The fourth-order valence-electron chi connectivity index (χ4n) is 2.35. The zero-order valence-electron chi connectivity index (χ0n) is 14.5. The number of benzene rings is 2. The molecule has 6 nitrogen and oxygen atoms in total. The molecule has 3 aromatic rings. The van der Waals surface area contributed by atoms with Gasteiger partial charge >= 0.3 is 0 Å². The van der Waals surface area contributed by atoms with Crippen molar-refractivity contribution in [2.75, 3.05) is 16.7 Å². The van der Waals surface area contributed by atoms with Gasteiger partial charge in [-0.2, -0.15) is 0 Å². The van der Waals surface area contributed by atoms with Gasteiger partial charge in [0.2, 0.25) is 0 Å². The first-order chi connectivity index (χ1) is 12.8. The van der Waals surface area contributed by atoms with Gasteiger partial charge in [0.1, 0.15) is 0 Å². The standard InChI is InChI=1S/C18H16ClN3O3S2/c1-12-11-26-18(20-12)21-17(23)13-5-3-8-16(9-13)27(24,25)22(2)15-7-4-6-14(19)10-15/h3-11H,1-2H3,(H,20,21,23). The Morgan fingerprint density at radius 3 is 2.59 bits per heavy atom.